The Hall–Kier alpha value is -2.49. The van der Waals surface area contributed by atoms with Gasteiger partial charge in [0.05, 0.1) is 11.3 Å². The van der Waals surface area contributed by atoms with Crippen molar-refractivity contribution in [2.45, 2.75) is 6.42 Å². The van der Waals surface area contributed by atoms with Crippen molar-refractivity contribution in [3.8, 4) is 11.1 Å². The molecular weight excluding hydrogens is 228 g/mol. The quantitative estimate of drug-likeness (QED) is 0.825. The number of primary amides is 1. The van der Waals surface area contributed by atoms with Crippen LogP contribution in [0.25, 0.3) is 11.1 Å². The first-order chi connectivity index (χ1) is 8.74. The van der Waals surface area contributed by atoms with E-state index in [-0.39, 0.29) is 6.42 Å². The van der Waals surface area contributed by atoms with Gasteiger partial charge in [-0.05, 0) is 11.6 Å². The topological polar surface area (TPSA) is 73.1 Å². The van der Waals surface area contributed by atoms with Gasteiger partial charge in [-0.25, -0.2) is 0 Å². The Kier molecular flexibility index (Phi) is 3.48. The van der Waals surface area contributed by atoms with Crippen LogP contribution in [0.3, 0.4) is 0 Å². The summed E-state index contributed by atoms with van der Waals surface area (Å²) in [4.78, 5) is 26.3. The molecule has 4 nitrogen and oxygen atoms in total. The molecular formula is C14H12N2O2. The van der Waals surface area contributed by atoms with Crippen molar-refractivity contribution in [1.29, 1.82) is 0 Å². The Labute approximate surface area is 104 Å². The first kappa shape index (κ1) is 12.0. The van der Waals surface area contributed by atoms with Crippen molar-refractivity contribution in [2.75, 3.05) is 0 Å². The highest BCUT2D eigenvalue weighted by molar-refractivity contribution is 6.00. The van der Waals surface area contributed by atoms with Gasteiger partial charge in [0.2, 0.25) is 5.91 Å². The van der Waals surface area contributed by atoms with E-state index in [0.717, 1.165) is 11.8 Å². The molecule has 0 aliphatic carbocycles. The van der Waals surface area contributed by atoms with Gasteiger partial charge in [0.25, 0.3) is 0 Å². The summed E-state index contributed by atoms with van der Waals surface area (Å²) in [6.07, 6.45) is 2.41. The molecule has 1 aromatic carbocycles. The lowest BCUT2D eigenvalue weighted by Gasteiger charge is -2.10. The molecule has 0 atom stereocenters. The molecule has 90 valence electrons. The molecule has 0 bridgehead atoms. The molecule has 1 amide bonds. The van der Waals surface area contributed by atoms with Crippen LogP contribution in [-0.4, -0.2) is 17.2 Å². The van der Waals surface area contributed by atoms with Crippen molar-refractivity contribution in [3.63, 3.8) is 0 Å². The number of pyridine rings is 1. The fourth-order valence-electron chi connectivity index (χ4n) is 1.87. The van der Waals surface area contributed by atoms with Crippen LogP contribution in [0, 0.1) is 0 Å². The van der Waals surface area contributed by atoms with Crippen LogP contribution in [-0.2, 0) is 11.2 Å². The summed E-state index contributed by atoms with van der Waals surface area (Å²) in [6, 6.07) is 10.9. The van der Waals surface area contributed by atoms with E-state index >= 15 is 0 Å². The highest BCUT2D eigenvalue weighted by Crippen LogP contribution is 2.26. The van der Waals surface area contributed by atoms with Gasteiger partial charge in [-0.15, -0.1) is 0 Å². The fraction of sp³-hybridized carbons (Fsp3) is 0.0714. The maximum Gasteiger partial charge on any atom is 0.249 e. The van der Waals surface area contributed by atoms with Gasteiger partial charge in [0, 0.05) is 18.2 Å². The number of benzene rings is 1. The van der Waals surface area contributed by atoms with Gasteiger partial charge in [0.15, 0.2) is 0 Å². The summed E-state index contributed by atoms with van der Waals surface area (Å²) in [6.45, 7) is 0. The van der Waals surface area contributed by atoms with Gasteiger partial charge in [-0.2, -0.15) is 0 Å². The number of aromatic nitrogens is 1. The number of amides is 1. The molecule has 0 saturated carbocycles. The van der Waals surface area contributed by atoms with E-state index in [4.69, 9.17) is 5.73 Å². The maximum atomic E-state index is 11.5. The number of hydrogen-bond donors (Lipinski definition) is 1. The van der Waals surface area contributed by atoms with Crippen LogP contribution in [0.2, 0.25) is 0 Å². The van der Waals surface area contributed by atoms with Crippen molar-refractivity contribution in [1.82, 2.24) is 4.98 Å². The normalized spacial score (nSPS) is 10.0. The van der Waals surface area contributed by atoms with E-state index in [1.54, 1.807) is 6.07 Å². The van der Waals surface area contributed by atoms with Crippen LogP contribution >= 0.6 is 0 Å². The van der Waals surface area contributed by atoms with Crippen molar-refractivity contribution in [3.05, 3.63) is 53.9 Å². The Morgan fingerprint density at radius 2 is 1.94 bits per heavy atom. The van der Waals surface area contributed by atoms with E-state index in [1.807, 2.05) is 30.3 Å². The molecule has 18 heavy (non-hydrogen) atoms. The van der Waals surface area contributed by atoms with E-state index in [0.29, 0.717) is 16.8 Å². The first-order valence-electron chi connectivity index (χ1n) is 5.50. The first-order valence-corrected chi connectivity index (χ1v) is 5.50. The third-order valence-electron chi connectivity index (χ3n) is 2.63. The number of aldehydes is 1. The minimum absolute atomic E-state index is 0.158. The minimum Gasteiger partial charge on any atom is -0.366 e. The molecule has 1 aromatic heterocycles. The summed E-state index contributed by atoms with van der Waals surface area (Å²) in [5, 5.41) is 0. The van der Waals surface area contributed by atoms with Gasteiger partial charge >= 0.3 is 0 Å². The second-order valence-electron chi connectivity index (χ2n) is 3.78. The van der Waals surface area contributed by atoms with Crippen LogP contribution < -0.4 is 5.73 Å². The maximum absolute atomic E-state index is 11.5. The minimum atomic E-state index is -0.525. The molecule has 0 spiro atoms. The highest BCUT2D eigenvalue weighted by atomic mass is 16.1. The molecule has 0 fully saturated rings. The van der Waals surface area contributed by atoms with Crippen LogP contribution in [0.4, 0.5) is 0 Å². The van der Waals surface area contributed by atoms with E-state index in [2.05, 4.69) is 4.98 Å². The summed E-state index contributed by atoms with van der Waals surface area (Å²) in [7, 11) is 0. The number of nitrogens with zero attached hydrogens (tertiary/aromatic N) is 1. The smallest absolute Gasteiger partial charge is 0.249 e. The van der Waals surface area contributed by atoms with Gasteiger partial charge in [0.1, 0.15) is 6.29 Å². The van der Waals surface area contributed by atoms with E-state index in [1.165, 1.54) is 6.20 Å². The van der Waals surface area contributed by atoms with Crippen molar-refractivity contribution >= 4 is 12.2 Å². The zero-order valence-electron chi connectivity index (χ0n) is 9.67. The molecule has 2 rings (SSSR count). The number of nitrogens with two attached hydrogens (primary N) is 1. The zero-order chi connectivity index (χ0) is 13.0. The summed E-state index contributed by atoms with van der Waals surface area (Å²) in [5.41, 5.74) is 7.77. The molecule has 0 unspecified atom stereocenters. The number of carbonyl (C=O) groups is 2. The zero-order valence-corrected chi connectivity index (χ0v) is 9.67. The average Bonchev–Trinajstić information content (AvgIpc) is 2.40. The third-order valence-corrected chi connectivity index (χ3v) is 2.63. The lowest BCUT2D eigenvalue weighted by molar-refractivity contribution is -0.107. The molecule has 4 heteroatoms. The SMILES string of the molecule is NC(=O)c1ccnc(CC=O)c1-c1ccccc1. The molecule has 0 aliphatic heterocycles. The summed E-state index contributed by atoms with van der Waals surface area (Å²) < 4.78 is 0. The Bertz CT molecular complexity index is 580. The molecule has 2 aromatic rings. The summed E-state index contributed by atoms with van der Waals surface area (Å²) in [5.74, 6) is -0.525. The third kappa shape index (κ3) is 2.27. The largest absolute Gasteiger partial charge is 0.366 e. The molecule has 2 N–H and O–H groups in total. The fourth-order valence-corrected chi connectivity index (χ4v) is 1.87. The lowest BCUT2D eigenvalue weighted by Crippen LogP contribution is -2.14. The Morgan fingerprint density at radius 3 is 2.56 bits per heavy atom. The van der Waals surface area contributed by atoms with Gasteiger partial charge < -0.3 is 10.5 Å². The Balaban J connectivity index is 2.68. The predicted molar refractivity (Wildman–Crippen MR) is 68.0 cm³/mol. The standard InChI is InChI=1S/C14H12N2O2/c15-14(18)11-6-8-16-12(7-9-17)13(11)10-4-2-1-3-5-10/h1-6,8-9H,7H2,(H2,15,18). The molecule has 1 heterocycles. The van der Waals surface area contributed by atoms with Crippen LogP contribution in [0.15, 0.2) is 42.6 Å². The van der Waals surface area contributed by atoms with Crippen LogP contribution in [0.5, 0.6) is 0 Å². The number of hydrogen-bond acceptors (Lipinski definition) is 3. The van der Waals surface area contributed by atoms with Gasteiger partial charge in [-0.1, -0.05) is 30.3 Å². The molecule has 0 radical (unpaired) electrons. The van der Waals surface area contributed by atoms with Crippen molar-refractivity contribution < 1.29 is 9.59 Å². The van der Waals surface area contributed by atoms with E-state index in [9.17, 15) is 9.59 Å². The van der Waals surface area contributed by atoms with Crippen LogP contribution in [0.1, 0.15) is 16.1 Å². The van der Waals surface area contributed by atoms with Crippen molar-refractivity contribution in [2.24, 2.45) is 5.73 Å². The molecule has 0 aliphatic rings. The average molecular weight is 240 g/mol. The number of carbonyl (C=O) groups excluding carboxylic acids is 2. The molecule has 0 saturated heterocycles. The monoisotopic (exact) mass is 240 g/mol. The Morgan fingerprint density at radius 1 is 1.22 bits per heavy atom. The predicted octanol–water partition coefficient (Wildman–Crippen LogP) is 1.59. The summed E-state index contributed by atoms with van der Waals surface area (Å²) >= 11 is 0. The highest BCUT2D eigenvalue weighted by Gasteiger charge is 2.14. The second-order valence-corrected chi connectivity index (χ2v) is 3.78. The number of rotatable bonds is 4. The van der Waals surface area contributed by atoms with E-state index < -0.39 is 5.91 Å². The lowest BCUT2D eigenvalue weighted by atomic mass is 9.97. The van der Waals surface area contributed by atoms with Gasteiger partial charge in [-0.3, -0.25) is 9.78 Å². The second kappa shape index (κ2) is 5.23.